The number of carboxylic acids is 1. The van der Waals surface area contributed by atoms with E-state index < -0.39 is 5.97 Å². The molecule has 25 heavy (non-hydrogen) atoms. The van der Waals surface area contributed by atoms with Gasteiger partial charge in [0.15, 0.2) is 0 Å². The van der Waals surface area contributed by atoms with Gasteiger partial charge in [-0.25, -0.2) is 4.79 Å². The third-order valence-corrected chi connectivity index (χ3v) is 5.09. The highest BCUT2D eigenvalue weighted by Crippen LogP contribution is 2.28. The quantitative estimate of drug-likeness (QED) is 0.933. The zero-order valence-corrected chi connectivity index (χ0v) is 13.9. The summed E-state index contributed by atoms with van der Waals surface area (Å²) in [5.41, 5.74) is 3.88. The van der Waals surface area contributed by atoms with Gasteiger partial charge in [0.2, 0.25) is 0 Å². The molecule has 1 amide bonds. The second-order valence-electron chi connectivity index (χ2n) is 6.59. The summed E-state index contributed by atoms with van der Waals surface area (Å²) >= 11 is 0. The number of nitrogens with zero attached hydrogens (tertiary/aromatic N) is 2. The summed E-state index contributed by atoms with van der Waals surface area (Å²) in [5.74, 6) is -1.21. The van der Waals surface area contributed by atoms with E-state index in [0.717, 1.165) is 31.5 Å². The number of benzene rings is 2. The molecular weight excluding hydrogens is 316 g/mol. The molecule has 0 radical (unpaired) electrons. The first-order valence-corrected chi connectivity index (χ1v) is 8.62. The average Bonchev–Trinajstić information content (AvgIpc) is 2.96. The Kier molecular flexibility index (Phi) is 3.92. The number of hydrogen-bond acceptors (Lipinski definition) is 3. The van der Waals surface area contributed by atoms with Crippen LogP contribution in [-0.2, 0) is 13.0 Å². The van der Waals surface area contributed by atoms with Crippen molar-refractivity contribution in [1.29, 1.82) is 0 Å². The van der Waals surface area contributed by atoms with Crippen LogP contribution in [0.4, 0.5) is 5.69 Å². The van der Waals surface area contributed by atoms with Crippen molar-refractivity contribution in [2.24, 2.45) is 0 Å². The third kappa shape index (κ3) is 2.76. The van der Waals surface area contributed by atoms with Gasteiger partial charge in [0.1, 0.15) is 0 Å². The van der Waals surface area contributed by atoms with E-state index in [0.29, 0.717) is 18.7 Å². The maximum atomic E-state index is 12.7. The molecule has 4 rings (SSSR count). The summed E-state index contributed by atoms with van der Waals surface area (Å²) in [5, 5.41) is 9.32. The van der Waals surface area contributed by atoms with E-state index in [1.807, 2.05) is 12.1 Å². The lowest BCUT2D eigenvalue weighted by atomic mass is 10.0. The molecule has 0 bridgehead atoms. The molecule has 0 fully saturated rings. The predicted molar refractivity (Wildman–Crippen MR) is 95.1 cm³/mol. The minimum absolute atomic E-state index is 0.105. The Labute approximate surface area is 146 Å². The summed E-state index contributed by atoms with van der Waals surface area (Å²) in [6.45, 7) is 2.84. The number of aryl methyl sites for hydroxylation is 1. The Morgan fingerprint density at radius 3 is 2.60 bits per heavy atom. The fourth-order valence-corrected chi connectivity index (χ4v) is 3.86. The smallest absolute Gasteiger partial charge is 0.336 e. The minimum atomic E-state index is -1.04. The first-order chi connectivity index (χ1) is 12.1. The SMILES string of the molecule is O=C(O)c1cccc2c1C(=O)N(CCN1CCCc3ccccc31)C2. The number of para-hydroxylation sites is 1. The van der Waals surface area contributed by atoms with Crippen LogP contribution in [0.3, 0.4) is 0 Å². The van der Waals surface area contributed by atoms with E-state index in [2.05, 4.69) is 23.1 Å². The normalized spacial score (nSPS) is 15.9. The Morgan fingerprint density at radius 1 is 1.00 bits per heavy atom. The second kappa shape index (κ2) is 6.24. The highest BCUT2D eigenvalue weighted by atomic mass is 16.4. The number of carbonyl (C=O) groups excluding carboxylic acids is 1. The van der Waals surface area contributed by atoms with Crippen molar-refractivity contribution in [2.75, 3.05) is 24.5 Å². The van der Waals surface area contributed by atoms with Crippen LogP contribution in [0.25, 0.3) is 0 Å². The molecule has 0 aromatic heterocycles. The van der Waals surface area contributed by atoms with Crippen molar-refractivity contribution in [3.8, 4) is 0 Å². The Morgan fingerprint density at radius 2 is 1.76 bits per heavy atom. The zero-order valence-electron chi connectivity index (χ0n) is 13.9. The molecular formula is C20H20N2O3. The van der Waals surface area contributed by atoms with Crippen molar-refractivity contribution < 1.29 is 14.7 Å². The molecule has 0 saturated carbocycles. The van der Waals surface area contributed by atoms with Crippen molar-refractivity contribution in [2.45, 2.75) is 19.4 Å². The lowest BCUT2D eigenvalue weighted by molar-refractivity contribution is 0.0683. The van der Waals surface area contributed by atoms with Gasteiger partial charge in [0.25, 0.3) is 5.91 Å². The number of aromatic carboxylic acids is 1. The molecule has 128 valence electrons. The molecule has 0 atom stereocenters. The molecule has 2 aromatic carbocycles. The highest BCUT2D eigenvalue weighted by molar-refractivity contribution is 6.07. The summed E-state index contributed by atoms with van der Waals surface area (Å²) in [7, 11) is 0. The zero-order chi connectivity index (χ0) is 17.4. The fourth-order valence-electron chi connectivity index (χ4n) is 3.86. The van der Waals surface area contributed by atoms with Crippen molar-refractivity contribution in [3.63, 3.8) is 0 Å². The van der Waals surface area contributed by atoms with Gasteiger partial charge in [-0.1, -0.05) is 30.3 Å². The van der Waals surface area contributed by atoms with Gasteiger partial charge < -0.3 is 14.9 Å². The molecule has 2 heterocycles. The largest absolute Gasteiger partial charge is 0.478 e. The second-order valence-corrected chi connectivity index (χ2v) is 6.59. The van der Waals surface area contributed by atoms with Crippen LogP contribution in [0, 0.1) is 0 Å². The number of hydrogen-bond donors (Lipinski definition) is 1. The first kappa shape index (κ1) is 15.7. The summed E-state index contributed by atoms with van der Waals surface area (Å²) < 4.78 is 0. The van der Waals surface area contributed by atoms with E-state index in [-0.39, 0.29) is 11.5 Å². The maximum Gasteiger partial charge on any atom is 0.336 e. The highest BCUT2D eigenvalue weighted by Gasteiger charge is 2.31. The molecule has 0 aliphatic carbocycles. The molecule has 0 spiro atoms. The first-order valence-electron chi connectivity index (χ1n) is 8.62. The number of carbonyl (C=O) groups is 2. The summed E-state index contributed by atoms with van der Waals surface area (Å²) in [6.07, 6.45) is 2.22. The van der Waals surface area contributed by atoms with Crippen LogP contribution in [0.1, 0.15) is 38.3 Å². The van der Waals surface area contributed by atoms with Crippen molar-refractivity contribution in [1.82, 2.24) is 4.90 Å². The topological polar surface area (TPSA) is 60.9 Å². The lowest BCUT2D eigenvalue weighted by Crippen LogP contribution is -2.38. The molecule has 5 nitrogen and oxygen atoms in total. The Hall–Kier alpha value is -2.82. The van der Waals surface area contributed by atoms with Crippen LogP contribution in [0.2, 0.25) is 0 Å². The predicted octanol–water partition coefficient (Wildman–Crippen LogP) is 2.79. The molecule has 5 heteroatoms. The van der Waals surface area contributed by atoms with E-state index in [4.69, 9.17) is 0 Å². The molecule has 1 N–H and O–H groups in total. The average molecular weight is 336 g/mol. The van der Waals surface area contributed by atoms with Gasteiger partial charge in [-0.3, -0.25) is 4.79 Å². The molecule has 0 unspecified atom stereocenters. The number of anilines is 1. The molecule has 2 aromatic rings. The van der Waals surface area contributed by atoms with E-state index in [1.54, 1.807) is 11.0 Å². The van der Waals surface area contributed by atoms with Crippen LogP contribution >= 0.6 is 0 Å². The number of fused-ring (bicyclic) bond motifs is 2. The van der Waals surface area contributed by atoms with Gasteiger partial charge in [-0.2, -0.15) is 0 Å². The molecule has 2 aliphatic rings. The van der Waals surface area contributed by atoms with Crippen molar-refractivity contribution >= 4 is 17.6 Å². The van der Waals surface area contributed by atoms with E-state index >= 15 is 0 Å². The fraction of sp³-hybridized carbons (Fsp3) is 0.300. The molecule has 0 saturated heterocycles. The van der Waals surface area contributed by atoms with Crippen molar-refractivity contribution in [3.05, 3.63) is 64.7 Å². The Balaban J connectivity index is 1.50. The standard InChI is InChI=1S/C20H20N2O3/c23-19-18-15(6-3-8-16(18)20(24)25)13-22(19)12-11-21-10-4-7-14-5-1-2-9-17(14)21/h1-3,5-6,8-9H,4,7,10-13H2,(H,24,25). The van der Waals surface area contributed by atoms with Crippen LogP contribution in [-0.4, -0.2) is 41.5 Å². The molecule has 2 aliphatic heterocycles. The Bertz CT molecular complexity index is 847. The maximum absolute atomic E-state index is 12.7. The van der Waals surface area contributed by atoms with Gasteiger partial charge in [-0.15, -0.1) is 0 Å². The third-order valence-electron chi connectivity index (χ3n) is 5.09. The number of carboxylic acid groups (broad SMARTS) is 1. The van der Waals surface area contributed by atoms with Crippen LogP contribution in [0.15, 0.2) is 42.5 Å². The van der Waals surface area contributed by atoms with E-state index in [1.165, 1.54) is 17.3 Å². The van der Waals surface area contributed by atoms with E-state index in [9.17, 15) is 14.7 Å². The van der Waals surface area contributed by atoms with Gasteiger partial charge in [0, 0.05) is 31.9 Å². The lowest BCUT2D eigenvalue weighted by Gasteiger charge is -2.32. The summed E-state index contributed by atoms with van der Waals surface area (Å²) in [4.78, 5) is 28.1. The summed E-state index contributed by atoms with van der Waals surface area (Å²) in [6, 6.07) is 13.5. The van der Waals surface area contributed by atoms with Gasteiger partial charge in [0.05, 0.1) is 11.1 Å². The number of amides is 1. The van der Waals surface area contributed by atoms with Gasteiger partial charge >= 0.3 is 5.97 Å². The number of rotatable bonds is 4. The van der Waals surface area contributed by atoms with Gasteiger partial charge in [-0.05, 0) is 36.1 Å². The van der Waals surface area contributed by atoms with Crippen LogP contribution in [0.5, 0.6) is 0 Å². The van der Waals surface area contributed by atoms with Crippen LogP contribution < -0.4 is 4.90 Å². The monoisotopic (exact) mass is 336 g/mol. The minimum Gasteiger partial charge on any atom is -0.478 e.